The topological polar surface area (TPSA) is 115 Å². The zero-order chi connectivity index (χ0) is 17.5. The highest BCUT2D eigenvalue weighted by atomic mass is 28.5. The number of nitrogens with two attached hydrogens (primary N) is 2. The van der Waals surface area contributed by atoms with Gasteiger partial charge >= 0.3 is 23.6 Å². The van der Waals surface area contributed by atoms with Gasteiger partial charge in [-0.15, -0.1) is 0 Å². The van der Waals surface area contributed by atoms with E-state index >= 15 is 0 Å². The van der Waals surface area contributed by atoms with Gasteiger partial charge in [0.05, 0.1) is 12.0 Å². The SMILES string of the molecule is CO[Si]1(CCCN)OC(=O)C(C)C(C)O[Si](CCCN)(OC)O1. The quantitative estimate of drug-likeness (QED) is 0.596. The van der Waals surface area contributed by atoms with Crippen LogP contribution >= 0.6 is 0 Å². The molecule has 1 aliphatic rings. The van der Waals surface area contributed by atoms with E-state index in [2.05, 4.69) is 0 Å². The molecule has 0 saturated carbocycles. The van der Waals surface area contributed by atoms with Crippen molar-refractivity contribution < 1.29 is 26.6 Å². The summed E-state index contributed by atoms with van der Waals surface area (Å²) in [6, 6.07) is 0.992. The van der Waals surface area contributed by atoms with Gasteiger partial charge < -0.3 is 33.3 Å². The molecule has 4 atom stereocenters. The molecule has 0 radical (unpaired) electrons. The molecule has 0 amide bonds. The maximum Gasteiger partial charge on any atom is 0.560 e. The van der Waals surface area contributed by atoms with Crippen molar-refractivity contribution in [1.82, 2.24) is 0 Å². The monoisotopic (exact) mass is 366 g/mol. The molecule has 1 saturated heterocycles. The van der Waals surface area contributed by atoms with E-state index in [4.69, 9.17) is 33.3 Å². The summed E-state index contributed by atoms with van der Waals surface area (Å²) in [6.45, 7) is 4.54. The zero-order valence-corrected chi connectivity index (χ0v) is 16.5. The zero-order valence-electron chi connectivity index (χ0n) is 14.5. The fourth-order valence-corrected chi connectivity index (χ4v) is 9.41. The minimum absolute atomic E-state index is 0.370. The fourth-order valence-electron chi connectivity index (χ4n) is 2.33. The van der Waals surface area contributed by atoms with Crippen molar-refractivity contribution in [3.05, 3.63) is 0 Å². The van der Waals surface area contributed by atoms with E-state index in [0.29, 0.717) is 38.0 Å². The van der Waals surface area contributed by atoms with Crippen LogP contribution in [0.5, 0.6) is 0 Å². The van der Waals surface area contributed by atoms with Crippen LogP contribution in [-0.4, -0.2) is 57.0 Å². The van der Waals surface area contributed by atoms with Crippen LogP contribution in [-0.2, 0) is 26.6 Å². The summed E-state index contributed by atoms with van der Waals surface area (Å²) >= 11 is 0. The van der Waals surface area contributed by atoms with E-state index in [0.717, 1.165) is 0 Å². The highest BCUT2D eigenvalue weighted by Crippen LogP contribution is 2.32. The maximum absolute atomic E-state index is 12.3. The molecule has 0 aliphatic carbocycles. The van der Waals surface area contributed by atoms with E-state index < -0.39 is 23.5 Å². The van der Waals surface area contributed by atoms with Gasteiger partial charge in [0.25, 0.3) is 0 Å². The average molecular weight is 367 g/mol. The molecule has 1 aliphatic heterocycles. The van der Waals surface area contributed by atoms with Crippen LogP contribution < -0.4 is 11.5 Å². The van der Waals surface area contributed by atoms with E-state index in [1.807, 2.05) is 6.92 Å². The molecule has 0 aromatic rings. The number of carbonyl (C=O) groups is 1. The van der Waals surface area contributed by atoms with Gasteiger partial charge in [-0.2, -0.15) is 0 Å². The summed E-state index contributed by atoms with van der Waals surface area (Å²) in [5, 5.41) is 0. The predicted molar refractivity (Wildman–Crippen MR) is 89.4 cm³/mol. The Bertz CT molecular complexity index is 391. The standard InChI is InChI=1S/C13H30N2O6Si2/c1-11-12(2)19-22(17-3,9-5-7-14)21-23(18-4,10-6-8-15)20-13(11)16/h11-12H,5-10,14-15H2,1-4H3. The Balaban J connectivity index is 3.15. The van der Waals surface area contributed by atoms with Crippen molar-refractivity contribution in [2.75, 3.05) is 27.3 Å². The molecule has 1 fully saturated rings. The largest absolute Gasteiger partial charge is 0.560 e. The molecular formula is C13H30N2O6Si2. The van der Waals surface area contributed by atoms with Crippen LogP contribution in [0, 0.1) is 5.92 Å². The lowest BCUT2D eigenvalue weighted by Crippen LogP contribution is -2.62. The third-order valence-electron chi connectivity index (χ3n) is 4.00. The van der Waals surface area contributed by atoms with Gasteiger partial charge in [-0.1, -0.05) is 0 Å². The minimum atomic E-state index is -3.26. The normalized spacial score (nSPS) is 35.5. The Labute approximate surface area is 140 Å². The van der Waals surface area contributed by atoms with Gasteiger partial charge in [-0.25, -0.2) is 0 Å². The molecule has 0 spiro atoms. The number of carbonyl (C=O) groups excluding carboxylic acids is 1. The van der Waals surface area contributed by atoms with Gasteiger partial charge in [0.1, 0.15) is 0 Å². The maximum atomic E-state index is 12.3. The first-order chi connectivity index (χ1) is 10.9. The molecule has 0 aromatic carbocycles. The summed E-state index contributed by atoms with van der Waals surface area (Å²) in [7, 11) is -3.28. The Kier molecular flexibility index (Phi) is 8.31. The van der Waals surface area contributed by atoms with Crippen LogP contribution in [0.4, 0.5) is 0 Å². The number of hydrogen-bond acceptors (Lipinski definition) is 8. The molecule has 136 valence electrons. The molecule has 10 heteroatoms. The highest BCUT2D eigenvalue weighted by molar-refractivity contribution is 6.75. The number of rotatable bonds is 8. The molecule has 0 bridgehead atoms. The highest BCUT2D eigenvalue weighted by Gasteiger charge is 2.57. The van der Waals surface area contributed by atoms with E-state index in [9.17, 15) is 4.79 Å². The van der Waals surface area contributed by atoms with Crippen LogP contribution in [0.2, 0.25) is 12.1 Å². The molecule has 0 aromatic heterocycles. The summed E-state index contributed by atoms with van der Waals surface area (Å²) in [5.74, 6) is -0.806. The Morgan fingerprint density at radius 3 is 2.04 bits per heavy atom. The first kappa shape index (κ1) is 20.7. The van der Waals surface area contributed by atoms with Gasteiger partial charge in [-0.05, 0) is 39.8 Å². The van der Waals surface area contributed by atoms with Crippen LogP contribution in [0.25, 0.3) is 0 Å². The van der Waals surface area contributed by atoms with Gasteiger partial charge in [0, 0.05) is 26.3 Å². The average Bonchev–Trinajstić information content (AvgIpc) is 2.55. The Morgan fingerprint density at radius 2 is 1.57 bits per heavy atom. The minimum Gasteiger partial charge on any atom is -0.473 e. The molecular weight excluding hydrogens is 336 g/mol. The Hall–Kier alpha value is -0.336. The first-order valence-corrected chi connectivity index (χ1v) is 11.8. The molecule has 23 heavy (non-hydrogen) atoms. The van der Waals surface area contributed by atoms with Crippen molar-refractivity contribution in [3.8, 4) is 0 Å². The summed E-state index contributed by atoms with van der Waals surface area (Å²) in [6.07, 6.45) is 0.952. The summed E-state index contributed by atoms with van der Waals surface area (Å²) in [4.78, 5) is 12.3. The second kappa shape index (κ2) is 9.23. The van der Waals surface area contributed by atoms with Crippen molar-refractivity contribution in [1.29, 1.82) is 0 Å². The smallest absolute Gasteiger partial charge is 0.473 e. The molecule has 1 rings (SSSR count). The van der Waals surface area contributed by atoms with E-state index in [1.54, 1.807) is 14.0 Å². The Morgan fingerprint density at radius 1 is 1.04 bits per heavy atom. The van der Waals surface area contributed by atoms with Crippen LogP contribution in [0.15, 0.2) is 0 Å². The summed E-state index contributed by atoms with van der Waals surface area (Å²) < 4.78 is 29.3. The third-order valence-corrected chi connectivity index (χ3v) is 10.9. The first-order valence-electron chi connectivity index (χ1n) is 7.99. The molecule has 8 nitrogen and oxygen atoms in total. The van der Waals surface area contributed by atoms with Gasteiger partial charge in [0.2, 0.25) is 0 Å². The lowest BCUT2D eigenvalue weighted by molar-refractivity contribution is -0.149. The lowest BCUT2D eigenvalue weighted by Gasteiger charge is -2.41. The van der Waals surface area contributed by atoms with Crippen LogP contribution in [0.1, 0.15) is 26.7 Å². The van der Waals surface area contributed by atoms with Gasteiger partial charge in [0.15, 0.2) is 0 Å². The fraction of sp³-hybridized carbons (Fsp3) is 0.923. The second-order valence-corrected chi connectivity index (χ2v) is 11.5. The van der Waals surface area contributed by atoms with E-state index in [-0.39, 0.29) is 12.1 Å². The summed E-state index contributed by atoms with van der Waals surface area (Å²) in [5.41, 5.74) is 11.2. The predicted octanol–water partition coefficient (Wildman–Crippen LogP) is 0.469. The van der Waals surface area contributed by atoms with Crippen molar-refractivity contribution in [2.45, 2.75) is 44.9 Å². The van der Waals surface area contributed by atoms with Crippen LogP contribution in [0.3, 0.4) is 0 Å². The van der Waals surface area contributed by atoms with E-state index in [1.165, 1.54) is 7.11 Å². The van der Waals surface area contributed by atoms with Crippen molar-refractivity contribution in [2.24, 2.45) is 17.4 Å². The molecule has 1 heterocycles. The van der Waals surface area contributed by atoms with Gasteiger partial charge in [-0.3, -0.25) is 4.79 Å². The molecule has 4 N–H and O–H groups in total. The lowest BCUT2D eigenvalue weighted by atomic mass is 10.1. The third kappa shape index (κ3) is 5.32. The molecule has 4 unspecified atom stereocenters. The second-order valence-electron chi connectivity index (χ2n) is 5.69. The number of hydrogen-bond donors (Lipinski definition) is 2. The van der Waals surface area contributed by atoms with Crippen molar-refractivity contribution in [3.63, 3.8) is 0 Å². The van der Waals surface area contributed by atoms with Crippen molar-refractivity contribution >= 4 is 23.6 Å².